The molecule has 0 saturated heterocycles. The molecule has 0 spiro atoms. The Morgan fingerprint density at radius 2 is 1.57 bits per heavy atom. The predicted octanol–water partition coefficient (Wildman–Crippen LogP) is 4.71. The molecular weight excluding hydrogens is 258 g/mol. The van der Waals surface area contributed by atoms with Gasteiger partial charge < -0.3 is 10.1 Å². The van der Waals surface area contributed by atoms with Crippen LogP contribution in [0.4, 0.5) is 5.69 Å². The Hall–Kier alpha value is -1.18. The van der Waals surface area contributed by atoms with Gasteiger partial charge in [0.15, 0.2) is 0 Å². The first kappa shape index (κ1) is 13.5. The van der Waals surface area contributed by atoms with Crippen molar-refractivity contribution >= 4 is 5.69 Å². The third kappa shape index (κ3) is 2.54. The minimum Gasteiger partial charge on any atom is -0.489 e. The molecule has 114 valence electrons. The topological polar surface area (TPSA) is 21.3 Å². The first-order valence-corrected chi connectivity index (χ1v) is 8.71. The van der Waals surface area contributed by atoms with Gasteiger partial charge in [-0.05, 0) is 81.8 Å². The summed E-state index contributed by atoms with van der Waals surface area (Å²) in [6.45, 7) is 4.19. The second kappa shape index (κ2) is 5.23. The average Bonchev–Trinajstić information content (AvgIpc) is 2.43. The Balaban J connectivity index is 1.54. The van der Waals surface area contributed by atoms with Crippen LogP contribution in [0.15, 0.2) is 24.3 Å². The largest absolute Gasteiger partial charge is 0.489 e. The van der Waals surface area contributed by atoms with Crippen molar-refractivity contribution in [2.75, 3.05) is 5.32 Å². The van der Waals surface area contributed by atoms with E-state index in [1.807, 2.05) is 0 Å². The summed E-state index contributed by atoms with van der Waals surface area (Å²) in [5.74, 6) is 4.88. The monoisotopic (exact) mass is 285 g/mol. The lowest BCUT2D eigenvalue weighted by molar-refractivity contribution is 0.00744. The fourth-order valence-corrected chi connectivity index (χ4v) is 5.28. The van der Waals surface area contributed by atoms with Crippen molar-refractivity contribution in [3.63, 3.8) is 0 Å². The molecule has 0 atom stereocenters. The molecule has 0 radical (unpaired) electrons. The van der Waals surface area contributed by atoms with Crippen LogP contribution in [0, 0.1) is 23.7 Å². The molecular formula is C19H27NO. The van der Waals surface area contributed by atoms with Crippen molar-refractivity contribution in [2.24, 2.45) is 23.7 Å². The van der Waals surface area contributed by atoms with Gasteiger partial charge in [-0.15, -0.1) is 0 Å². The molecule has 0 heterocycles. The van der Waals surface area contributed by atoms with E-state index in [9.17, 15) is 0 Å². The van der Waals surface area contributed by atoms with E-state index in [2.05, 4.69) is 43.4 Å². The number of para-hydroxylation sites is 2. The number of benzene rings is 1. The maximum absolute atomic E-state index is 5.98. The van der Waals surface area contributed by atoms with E-state index in [0.29, 0.717) is 6.04 Å². The molecule has 1 aromatic carbocycles. The predicted molar refractivity (Wildman–Crippen MR) is 86.7 cm³/mol. The van der Waals surface area contributed by atoms with Gasteiger partial charge in [0.25, 0.3) is 0 Å². The van der Waals surface area contributed by atoms with Crippen molar-refractivity contribution in [1.29, 1.82) is 0 Å². The van der Waals surface area contributed by atoms with Gasteiger partial charge >= 0.3 is 0 Å². The van der Waals surface area contributed by atoms with E-state index < -0.39 is 0 Å². The summed E-state index contributed by atoms with van der Waals surface area (Å²) in [5, 5.41) is 3.87. The summed E-state index contributed by atoms with van der Waals surface area (Å²) in [4.78, 5) is 0. The minimum absolute atomic E-state index is 0.228. The molecule has 4 saturated carbocycles. The quantitative estimate of drug-likeness (QED) is 0.865. The van der Waals surface area contributed by atoms with Crippen LogP contribution in [0.2, 0.25) is 0 Å². The van der Waals surface area contributed by atoms with Crippen LogP contribution in [-0.4, -0.2) is 12.1 Å². The molecule has 4 aliphatic carbocycles. The lowest BCUT2D eigenvalue weighted by atomic mass is 9.54. The van der Waals surface area contributed by atoms with E-state index in [-0.39, 0.29) is 6.10 Å². The summed E-state index contributed by atoms with van der Waals surface area (Å²) in [7, 11) is 0. The lowest BCUT2D eigenvalue weighted by Gasteiger charge is -2.54. The summed E-state index contributed by atoms with van der Waals surface area (Å²) >= 11 is 0. The summed E-state index contributed by atoms with van der Waals surface area (Å²) in [5.41, 5.74) is 1.20. The molecule has 0 aromatic heterocycles. The van der Waals surface area contributed by atoms with Crippen molar-refractivity contribution in [3.05, 3.63) is 24.3 Å². The second-order valence-electron chi connectivity index (χ2n) is 7.76. The van der Waals surface area contributed by atoms with E-state index in [4.69, 9.17) is 4.74 Å². The number of rotatable bonds is 4. The first-order chi connectivity index (χ1) is 10.2. The third-order valence-corrected chi connectivity index (χ3v) is 5.80. The Morgan fingerprint density at radius 1 is 0.952 bits per heavy atom. The number of anilines is 1. The Bertz CT molecular complexity index is 482. The zero-order chi connectivity index (χ0) is 14.4. The van der Waals surface area contributed by atoms with Gasteiger partial charge in [0, 0.05) is 6.04 Å². The molecule has 0 unspecified atom stereocenters. The SMILES string of the molecule is CC(C)Oc1ccccc1NC1C2CC3CC(C2)CC1C3. The van der Waals surface area contributed by atoms with Crippen LogP contribution in [0.3, 0.4) is 0 Å². The molecule has 1 aromatic rings. The van der Waals surface area contributed by atoms with E-state index in [1.165, 1.54) is 37.8 Å². The van der Waals surface area contributed by atoms with Crippen molar-refractivity contribution < 1.29 is 4.74 Å². The molecule has 2 nitrogen and oxygen atoms in total. The molecule has 4 bridgehead atoms. The maximum Gasteiger partial charge on any atom is 0.142 e. The van der Waals surface area contributed by atoms with E-state index in [0.717, 1.165) is 29.4 Å². The normalized spacial score (nSPS) is 37.0. The second-order valence-corrected chi connectivity index (χ2v) is 7.76. The maximum atomic E-state index is 5.98. The Morgan fingerprint density at radius 3 is 2.19 bits per heavy atom. The van der Waals surface area contributed by atoms with Crippen LogP contribution in [0.25, 0.3) is 0 Å². The molecule has 1 N–H and O–H groups in total. The van der Waals surface area contributed by atoms with Gasteiger partial charge in [0.05, 0.1) is 11.8 Å². The van der Waals surface area contributed by atoms with Gasteiger partial charge in [0.1, 0.15) is 5.75 Å². The van der Waals surface area contributed by atoms with Gasteiger partial charge in [-0.3, -0.25) is 0 Å². The zero-order valence-electron chi connectivity index (χ0n) is 13.2. The third-order valence-electron chi connectivity index (χ3n) is 5.80. The van der Waals surface area contributed by atoms with Crippen LogP contribution < -0.4 is 10.1 Å². The van der Waals surface area contributed by atoms with Crippen LogP contribution >= 0.6 is 0 Å². The van der Waals surface area contributed by atoms with Crippen LogP contribution in [0.5, 0.6) is 5.75 Å². The molecule has 0 amide bonds. The molecule has 4 aliphatic rings. The highest BCUT2D eigenvalue weighted by atomic mass is 16.5. The van der Waals surface area contributed by atoms with Crippen LogP contribution in [-0.2, 0) is 0 Å². The fraction of sp³-hybridized carbons (Fsp3) is 0.684. The lowest BCUT2D eigenvalue weighted by Crippen LogP contribution is -2.51. The number of nitrogens with one attached hydrogen (secondary N) is 1. The highest BCUT2D eigenvalue weighted by Gasteiger charge is 2.48. The first-order valence-electron chi connectivity index (χ1n) is 8.71. The molecule has 5 rings (SSSR count). The molecule has 0 aliphatic heterocycles. The minimum atomic E-state index is 0.228. The van der Waals surface area contributed by atoms with Crippen molar-refractivity contribution in [1.82, 2.24) is 0 Å². The fourth-order valence-electron chi connectivity index (χ4n) is 5.28. The molecule has 4 fully saturated rings. The number of ether oxygens (including phenoxy) is 1. The van der Waals surface area contributed by atoms with Gasteiger partial charge in [-0.2, -0.15) is 0 Å². The number of hydrogen-bond acceptors (Lipinski definition) is 2. The highest BCUT2D eigenvalue weighted by Crippen LogP contribution is 2.54. The Labute approximate surface area is 128 Å². The van der Waals surface area contributed by atoms with E-state index in [1.54, 1.807) is 0 Å². The van der Waals surface area contributed by atoms with E-state index >= 15 is 0 Å². The van der Waals surface area contributed by atoms with Gasteiger partial charge in [-0.25, -0.2) is 0 Å². The Kier molecular flexibility index (Phi) is 3.35. The smallest absolute Gasteiger partial charge is 0.142 e. The summed E-state index contributed by atoms with van der Waals surface area (Å²) < 4.78 is 5.98. The van der Waals surface area contributed by atoms with Crippen molar-refractivity contribution in [2.45, 2.75) is 58.1 Å². The summed E-state index contributed by atoms with van der Waals surface area (Å²) in [6.07, 6.45) is 7.57. The highest BCUT2D eigenvalue weighted by molar-refractivity contribution is 5.57. The standard InChI is InChI=1S/C19H27NO/c1-12(2)21-18-6-4-3-5-17(18)20-19-15-8-13-7-14(10-15)11-16(19)9-13/h3-6,12-16,19-20H,7-11H2,1-2H3. The summed E-state index contributed by atoms with van der Waals surface area (Å²) in [6, 6.07) is 9.14. The number of hydrogen-bond donors (Lipinski definition) is 1. The van der Waals surface area contributed by atoms with Crippen molar-refractivity contribution in [3.8, 4) is 5.75 Å². The van der Waals surface area contributed by atoms with Gasteiger partial charge in [-0.1, -0.05) is 12.1 Å². The van der Waals surface area contributed by atoms with Gasteiger partial charge in [0.2, 0.25) is 0 Å². The molecule has 21 heavy (non-hydrogen) atoms. The molecule has 2 heteroatoms. The average molecular weight is 285 g/mol. The van der Waals surface area contributed by atoms with Crippen LogP contribution in [0.1, 0.15) is 46.0 Å². The zero-order valence-corrected chi connectivity index (χ0v) is 13.2.